The van der Waals surface area contributed by atoms with Crippen molar-refractivity contribution in [1.29, 1.82) is 0 Å². The molecule has 0 amide bonds. The Bertz CT molecular complexity index is 686. The van der Waals surface area contributed by atoms with E-state index in [-0.39, 0.29) is 10.7 Å². The summed E-state index contributed by atoms with van der Waals surface area (Å²) < 4.78 is 13.6. The molecule has 0 unspecified atom stereocenters. The third kappa shape index (κ3) is 3.71. The molecule has 0 spiro atoms. The minimum absolute atomic E-state index is 0.0681. The lowest BCUT2D eigenvalue weighted by molar-refractivity contribution is -0.385. The van der Waals surface area contributed by atoms with Gasteiger partial charge < -0.3 is 5.32 Å². The minimum Gasteiger partial charge on any atom is -0.379 e. The molecule has 0 aliphatic carbocycles. The van der Waals surface area contributed by atoms with Gasteiger partial charge in [-0.15, -0.1) is 0 Å². The molecule has 0 saturated carbocycles. The number of benzene rings is 2. The molecule has 2 aromatic carbocycles. The highest BCUT2D eigenvalue weighted by Gasteiger charge is 2.12. The number of rotatable bonds is 4. The maximum atomic E-state index is 13.1. The number of aryl methyl sites for hydroxylation is 1. The van der Waals surface area contributed by atoms with E-state index in [1.165, 1.54) is 18.2 Å². The summed E-state index contributed by atoms with van der Waals surface area (Å²) in [5.74, 6) is -0.441. The summed E-state index contributed by atoms with van der Waals surface area (Å²) in [4.78, 5) is 10.5. The highest BCUT2D eigenvalue weighted by molar-refractivity contribution is 9.10. The summed E-state index contributed by atoms with van der Waals surface area (Å²) in [6.07, 6.45) is 0. The third-order valence-electron chi connectivity index (χ3n) is 2.95. The lowest BCUT2D eigenvalue weighted by Gasteiger charge is -2.11. The highest BCUT2D eigenvalue weighted by Crippen LogP contribution is 2.32. The maximum Gasteiger partial charge on any atom is 0.272 e. The van der Waals surface area contributed by atoms with Crippen LogP contribution in [-0.2, 0) is 6.54 Å². The molecule has 1 N–H and O–H groups in total. The van der Waals surface area contributed by atoms with Crippen LogP contribution in [0.2, 0.25) is 5.02 Å². The first-order chi connectivity index (χ1) is 9.88. The number of hydrogen-bond acceptors (Lipinski definition) is 3. The van der Waals surface area contributed by atoms with Crippen molar-refractivity contribution in [3.63, 3.8) is 0 Å². The number of nitrogens with zero attached hydrogens (tertiary/aromatic N) is 1. The molecule has 2 aromatic rings. The first-order valence-corrected chi connectivity index (χ1v) is 7.18. The second kappa shape index (κ2) is 6.41. The molecule has 21 heavy (non-hydrogen) atoms. The Balaban J connectivity index is 2.21. The first kappa shape index (κ1) is 15.7. The average Bonchev–Trinajstić information content (AvgIpc) is 2.38. The van der Waals surface area contributed by atoms with Crippen molar-refractivity contribution in [2.45, 2.75) is 13.5 Å². The summed E-state index contributed by atoms with van der Waals surface area (Å²) in [5.41, 5.74) is 1.95. The van der Waals surface area contributed by atoms with Gasteiger partial charge in [0.25, 0.3) is 5.69 Å². The zero-order valence-electron chi connectivity index (χ0n) is 11.0. The van der Waals surface area contributed by atoms with Crippen molar-refractivity contribution >= 4 is 38.9 Å². The molecule has 110 valence electrons. The van der Waals surface area contributed by atoms with Gasteiger partial charge >= 0.3 is 0 Å². The van der Waals surface area contributed by atoms with Gasteiger partial charge in [-0.1, -0.05) is 23.7 Å². The molecular formula is C14H11BrClFN2O2. The van der Waals surface area contributed by atoms with Crippen LogP contribution in [0.4, 0.5) is 15.8 Å². The third-order valence-corrected chi connectivity index (χ3v) is 3.87. The van der Waals surface area contributed by atoms with Crippen molar-refractivity contribution in [3.05, 3.63) is 66.9 Å². The Labute approximate surface area is 134 Å². The SMILES string of the molecule is Cc1ccc(CNc2c(Cl)cc(F)cc2Br)cc1[N+](=O)[O-]. The number of nitrogens with one attached hydrogen (secondary N) is 1. The van der Waals surface area contributed by atoms with Crippen LogP contribution in [0.15, 0.2) is 34.8 Å². The van der Waals surface area contributed by atoms with E-state index in [0.717, 1.165) is 5.56 Å². The van der Waals surface area contributed by atoms with Gasteiger partial charge in [-0.25, -0.2) is 4.39 Å². The van der Waals surface area contributed by atoms with Gasteiger partial charge in [-0.2, -0.15) is 0 Å². The number of hydrogen-bond donors (Lipinski definition) is 1. The predicted octanol–water partition coefficient (Wildman–Crippen LogP) is 5.07. The predicted molar refractivity (Wildman–Crippen MR) is 84.3 cm³/mol. The lowest BCUT2D eigenvalue weighted by Crippen LogP contribution is -2.02. The van der Waals surface area contributed by atoms with Crippen LogP contribution in [0.1, 0.15) is 11.1 Å². The van der Waals surface area contributed by atoms with E-state index < -0.39 is 10.7 Å². The summed E-state index contributed by atoms with van der Waals surface area (Å²) >= 11 is 9.19. The van der Waals surface area contributed by atoms with Gasteiger partial charge in [0.05, 0.1) is 15.6 Å². The van der Waals surface area contributed by atoms with Crippen LogP contribution in [0.3, 0.4) is 0 Å². The number of halogens is 3. The fraction of sp³-hybridized carbons (Fsp3) is 0.143. The van der Waals surface area contributed by atoms with Gasteiger partial charge in [0, 0.05) is 22.6 Å². The van der Waals surface area contributed by atoms with Crippen LogP contribution < -0.4 is 5.32 Å². The van der Waals surface area contributed by atoms with Gasteiger partial charge in [0.2, 0.25) is 0 Å². The Morgan fingerprint density at radius 1 is 1.38 bits per heavy atom. The molecule has 0 saturated heterocycles. The molecule has 4 nitrogen and oxygen atoms in total. The van der Waals surface area contributed by atoms with Crippen molar-refractivity contribution < 1.29 is 9.31 Å². The van der Waals surface area contributed by atoms with Crippen molar-refractivity contribution in [2.75, 3.05) is 5.32 Å². The fourth-order valence-corrected chi connectivity index (χ4v) is 2.82. The van der Waals surface area contributed by atoms with E-state index in [9.17, 15) is 14.5 Å². The number of nitro groups is 1. The van der Waals surface area contributed by atoms with E-state index in [1.54, 1.807) is 19.1 Å². The first-order valence-electron chi connectivity index (χ1n) is 6.01. The molecule has 0 bridgehead atoms. The fourth-order valence-electron chi connectivity index (χ4n) is 1.86. The van der Waals surface area contributed by atoms with E-state index in [4.69, 9.17) is 11.6 Å². The Morgan fingerprint density at radius 3 is 2.71 bits per heavy atom. The molecular weight excluding hydrogens is 363 g/mol. The number of anilines is 1. The summed E-state index contributed by atoms with van der Waals surface area (Å²) in [6.45, 7) is 2.02. The van der Waals surface area contributed by atoms with Crippen LogP contribution in [0, 0.1) is 22.9 Å². The van der Waals surface area contributed by atoms with Crippen LogP contribution in [0.5, 0.6) is 0 Å². The van der Waals surface area contributed by atoms with Crippen molar-refractivity contribution in [3.8, 4) is 0 Å². The smallest absolute Gasteiger partial charge is 0.272 e. The van der Waals surface area contributed by atoms with Gasteiger partial charge in [-0.3, -0.25) is 10.1 Å². The molecule has 0 fully saturated rings. The normalized spacial score (nSPS) is 10.5. The number of nitro benzene ring substituents is 1. The summed E-state index contributed by atoms with van der Waals surface area (Å²) in [7, 11) is 0. The topological polar surface area (TPSA) is 55.2 Å². The molecule has 0 heterocycles. The standard InChI is InChI=1S/C14H11BrClFN2O2/c1-8-2-3-9(4-13(8)19(20)21)7-18-14-11(15)5-10(17)6-12(14)16/h2-6,18H,7H2,1H3. The Morgan fingerprint density at radius 2 is 2.10 bits per heavy atom. The molecule has 2 rings (SSSR count). The van der Waals surface area contributed by atoms with Gasteiger partial charge in [-0.05, 0) is 40.5 Å². The minimum atomic E-state index is -0.441. The largest absolute Gasteiger partial charge is 0.379 e. The molecule has 0 aliphatic heterocycles. The monoisotopic (exact) mass is 372 g/mol. The van der Waals surface area contributed by atoms with E-state index >= 15 is 0 Å². The van der Waals surface area contributed by atoms with Crippen LogP contribution >= 0.6 is 27.5 Å². The van der Waals surface area contributed by atoms with E-state index in [2.05, 4.69) is 21.2 Å². The second-order valence-electron chi connectivity index (χ2n) is 4.48. The van der Waals surface area contributed by atoms with Gasteiger partial charge in [0.1, 0.15) is 5.82 Å². The zero-order chi connectivity index (χ0) is 15.6. The van der Waals surface area contributed by atoms with E-state index in [1.807, 2.05) is 0 Å². The summed E-state index contributed by atoms with van der Waals surface area (Å²) in [6, 6.07) is 7.49. The van der Waals surface area contributed by atoms with Crippen LogP contribution in [0.25, 0.3) is 0 Å². The highest BCUT2D eigenvalue weighted by atomic mass is 79.9. The Hall–Kier alpha value is -1.66. The molecule has 0 aromatic heterocycles. The Kier molecular flexibility index (Phi) is 4.80. The molecule has 7 heteroatoms. The van der Waals surface area contributed by atoms with Gasteiger partial charge in [0.15, 0.2) is 0 Å². The maximum absolute atomic E-state index is 13.1. The van der Waals surface area contributed by atoms with Crippen molar-refractivity contribution in [1.82, 2.24) is 0 Å². The van der Waals surface area contributed by atoms with Crippen molar-refractivity contribution in [2.24, 2.45) is 0 Å². The van der Waals surface area contributed by atoms with Crippen LogP contribution in [-0.4, -0.2) is 4.92 Å². The summed E-state index contributed by atoms with van der Waals surface area (Å²) in [5, 5.41) is 14.2. The zero-order valence-corrected chi connectivity index (χ0v) is 13.3. The molecule has 0 aliphatic rings. The quantitative estimate of drug-likeness (QED) is 0.601. The molecule has 0 radical (unpaired) electrons. The second-order valence-corrected chi connectivity index (χ2v) is 5.74. The lowest BCUT2D eigenvalue weighted by atomic mass is 10.1. The average molecular weight is 374 g/mol. The molecule has 0 atom stereocenters. The van der Waals surface area contributed by atoms with E-state index in [0.29, 0.717) is 22.3 Å².